The van der Waals surface area contributed by atoms with Gasteiger partial charge in [0, 0.05) is 26.2 Å². The molecule has 4 rings (SSSR count). The van der Waals surface area contributed by atoms with Crippen LogP contribution in [0.15, 0.2) is 47.4 Å². The van der Waals surface area contributed by atoms with Gasteiger partial charge < -0.3 is 5.32 Å². The van der Waals surface area contributed by atoms with Crippen LogP contribution in [0.3, 0.4) is 0 Å². The minimum Gasteiger partial charge on any atom is -0.348 e. The molecule has 184 valence electrons. The number of nitrogens with one attached hydrogen (secondary N) is 1. The van der Waals surface area contributed by atoms with Gasteiger partial charge in [0.15, 0.2) is 0 Å². The van der Waals surface area contributed by atoms with Gasteiger partial charge in [0.2, 0.25) is 10.0 Å². The van der Waals surface area contributed by atoms with E-state index in [1.54, 1.807) is 0 Å². The fourth-order valence-electron chi connectivity index (χ4n) is 4.63. The molecule has 0 aromatic heterocycles. The molecule has 34 heavy (non-hydrogen) atoms. The maximum absolute atomic E-state index is 13.1. The summed E-state index contributed by atoms with van der Waals surface area (Å²) in [5, 5.41) is 3.12. The van der Waals surface area contributed by atoms with E-state index in [1.807, 2.05) is 12.1 Å². The quantitative estimate of drug-likeness (QED) is 0.595. The average molecular weight is 504 g/mol. The van der Waals surface area contributed by atoms with E-state index in [0.29, 0.717) is 25.6 Å². The van der Waals surface area contributed by atoms with Gasteiger partial charge >= 0.3 is 0 Å². The van der Waals surface area contributed by atoms with E-state index in [-0.39, 0.29) is 21.4 Å². The van der Waals surface area contributed by atoms with Crippen molar-refractivity contribution in [1.82, 2.24) is 14.5 Å². The summed E-state index contributed by atoms with van der Waals surface area (Å²) in [4.78, 5) is 15.4. The number of rotatable bonds is 7. The maximum Gasteiger partial charge on any atom is 0.253 e. The SMILES string of the molecule is CC1CCN(S(=O)(=O)c2ccc(Cl)c(C(=O)NCc3ccc(CN4CCCCC4)cc3)c2)CC1. The van der Waals surface area contributed by atoms with Gasteiger partial charge in [-0.1, -0.05) is 49.2 Å². The Morgan fingerprint density at radius 1 is 0.971 bits per heavy atom. The first-order chi connectivity index (χ1) is 16.3. The molecule has 0 saturated carbocycles. The third-order valence-corrected chi connectivity index (χ3v) is 9.12. The first-order valence-corrected chi connectivity index (χ1v) is 14.0. The summed E-state index contributed by atoms with van der Waals surface area (Å²) in [5.41, 5.74) is 2.43. The van der Waals surface area contributed by atoms with E-state index in [2.05, 4.69) is 29.3 Å². The number of likely N-dealkylation sites (tertiary alicyclic amines) is 1. The number of carbonyl (C=O) groups excluding carboxylic acids is 1. The molecular formula is C26H34ClN3O3S. The number of hydrogen-bond donors (Lipinski definition) is 1. The fourth-order valence-corrected chi connectivity index (χ4v) is 6.33. The van der Waals surface area contributed by atoms with Crippen LogP contribution in [0.2, 0.25) is 5.02 Å². The second-order valence-electron chi connectivity index (χ2n) is 9.56. The molecule has 2 heterocycles. The highest BCUT2D eigenvalue weighted by atomic mass is 35.5. The molecule has 0 spiro atoms. The summed E-state index contributed by atoms with van der Waals surface area (Å²) in [6.45, 7) is 6.76. The van der Waals surface area contributed by atoms with Crippen molar-refractivity contribution in [1.29, 1.82) is 0 Å². The van der Waals surface area contributed by atoms with Gasteiger partial charge in [-0.15, -0.1) is 0 Å². The van der Waals surface area contributed by atoms with E-state index in [1.165, 1.54) is 47.3 Å². The van der Waals surface area contributed by atoms with Crippen molar-refractivity contribution in [2.45, 2.75) is 57.0 Å². The van der Waals surface area contributed by atoms with Crippen LogP contribution in [0.4, 0.5) is 0 Å². The lowest BCUT2D eigenvalue weighted by Gasteiger charge is -2.29. The predicted octanol–water partition coefficient (Wildman–Crippen LogP) is 4.68. The van der Waals surface area contributed by atoms with Crippen molar-refractivity contribution in [3.63, 3.8) is 0 Å². The molecule has 1 amide bonds. The number of benzene rings is 2. The molecule has 0 unspecified atom stereocenters. The summed E-state index contributed by atoms with van der Waals surface area (Å²) in [5.74, 6) is 0.142. The molecule has 2 aromatic carbocycles. The number of amides is 1. The largest absolute Gasteiger partial charge is 0.348 e. The zero-order valence-electron chi connectivity index (χ0n) is 19.8. The summed E-state index contributed by atoms with van der Waals surface area (Å²) in [7, 11) is -3.65. The number of halogens is 1. The van der Waals surface area contributed by atoms with Gasteiger partial charge in [0.25, 0.3) is 5.91 Å². The van der Waals surface area contributed by atoms with Crippen molar-refractivity contribution in [3.8, 4) is 0 Å². The first kappa shape index (κ1) is 25.2. The zero-order chi connectivity index (χ0) is 24.1. The van der Waals surface area contributed by atoms with E-state index in [9.17, 15) is 13.2 Å². The lowest BCUT2D eigenvalue weighted by Crippen LogP contribution is -2.38. The number of hydrogen-bond acceptors (Lipinski definition) is 4. The average Bonchev–Trinajstić information content (AvgIpc) is 2.84. The monoisotopic (exact) mass is 503 g/mol. The molecule has 6 nitrogen and oxygen atoms in total. The molecule has 8 heteroatoms. The molecule has 2 fully saturated rings. The summed E-state index contributed by atoms with van der Waals surface area (Å²) in [6, 6.07) is 12.6. The second kappa shape index (κ2) is 11.2. The minimum absolute atomic E-state index is 0.110. The van der Waals surface area contributed by atoms with E-state index in [0.717, 1.165) is 38.0 Å². The summed E-state index contributed by atoms with van der Waals surface area (Å²) < 4.78 is 27.7. The van der Waals surface area contributed by atoms with Crippen LogP contribution in [0.5, 0.6) is 0 Å². The third-order valence-electron chi connectivity index (χ3n) is 6.89. The van der Waals surface area contributed by atoms with Gasteiger partial charge in [0.05, 0.1) is 15.5 Å². The van der Waals surface area contributed by atoms with Gasteiger partial charge in [0.1, 0.15) is 0 Å². The Bertz CT molecular complexity index is 1090. The number of carbonyl (C=O) groups is 1. The Balaban J connectivity index is 1.38. The highest BCUT2D eigenvalue weighted by Crippen LogP contribution is 2.26. The molecule has 2 aliphatic heterocycles. The highest BCUT2D eigenvalue weighted by molar-refractivity contribution is 7.89. The van der Waals surface area contributed by atoms with Gasteiger partial charge in [-0.05, 0) is 74.0 Å². The van der Waals surface area contributed by atoms with Crippen molar-refractivity contribution in [3.05, 3.63) is 64.2 Å². The molecule has 2 saturated heterocycles. The van der Waals surface area contributed by atoms with Gasteiger partial charge in [-0.3, -0.25) is 9.69 Å². The number of piperidine rings is 2. The van der Waals surface area contributed by atoms with E-state index >= 15 is 0 Å². The van der Waals surface area contributed by atoms with Crippen LogP contribution in [0.1, 0.15) is 60.5 Å². The van der Waals surface area contributed by atoms with Crippen LogP contribution in [0.25, 0.3) is 0 Å². The Hall–Kier alpha value is -1.93. The predicted molar refractivity (Wildman–Crippen MR) is 135 cm³/mol. The summed E-state index contributed by atoms with van der Waals surface area (Å²) in [6.07, 6.45) is 5.55. The molecule has 0 bridgehead atoms. The van der Waals surface area contributed by atoms with Crippen LogP contribution in [0, 0.1) is 5.92 Å². The highest BCUT2D eigenvalue weighted by Gasteiger charge is 2.29. The molecule has 2 aliphatic rings. The van der Waals surface area contributed by atoms with Gasteiger partial charge in [-0.25, -0.2) is 8.42 Å². The molecular weight excluding hydrogens is 470 g/mol. The Morgan fingerprint density at radius 2 is 1.62 bits per heavy atom. The maximum atomic E-state index is 13.1. The van der Waals surface area contributed by atoms with Crippen molar-refractivity contribution in [2.75, 3.05) is 26.2 Å². The van der Waals surface area contributed by atoms with E-state index < -0.39 is 10.0 Å². The standard InChI is InChI=1S/C26H34ClN3O3S/c1-20-11-15-30(16-12-20)34(32,33)23-9-10-25(27)24(17-23)26(31)28-18-21-5-7-22(8-6-21)19-29-13-3-2-4-14-29/h5-10,17,20H,2-4,11-16,18-19H2,1H3,(H,28,31). The summed E-state index contributed by atoms with van der Waals surface area (Å²) >= 11 is 6.27. The van der Waals surface area contributed by atoms with Crippen molar-refractivity contribution < 1.29 is 13.2 Å². The van der Waals surface area contributed by atoms with Gasteiger partial charge in [-0.2, -0.15) is 4.31 Å². The normalized spacial score (nSPS) is 18.6. The number of sulfonamides is 1. The molecule has 0 atom stereocenters. The van der Waals surface area contributed by atoms with E-state index in [4.69, 9.17) is 11.6 Å². The fraction of sp³-hybridized carbons (Fsp3) is 0.500. The Labute approximate surface area is 208 Å². The van der Waals surface area contributed by atoms with Crippen LogP contribution in [-0.2, 0) is 23.1 Å². The Morgan fingerprint density at radius 3 is 2.29 bits per heavy atom. The van der Waals surface area contributed by atoms with Crippen LogP contribution < -0.4 is 5.32 Å². The van der Waals surface area contributed by atoms with Crippen molar-refractivity contribution in [2.24, 2.45) is 5.92 Å². The van der Waals surface area contributed by atoms with Crippen LogP contribution >= 0.6 is 11.6 Å². The lowest BCUT2D eigenvalue weighted by atomic mass is 10.0. The molecule has 0 aliphatic carbocycles. The number of nitrogens with zero attached hydrogens (tertiary/aromatic N) is 2. The smallest absolute Gasteiger partial charge is 0.253 e. The first-order valence-electron chi connectivity index (χ1n) is 12.2. The Kier molecular flexibility index (Phi) is 8.30. The van der Waals surface area contributed by atoms with Crippen LogP contribution in [-0.4, -0.2) is 49.7 Å². The molecule has 2 aromatic rings. The second-order valence-corrected chi connectivity index (χ2v) is 11.9. The van der Waals surface area contributed by atoms with Crippen molar-refractivity contribution >= 4 is 27.5 Å². The minimum atomic E-state index is -3.65. The molecule has 1 N–H and O–H groups in total. The third kappa shape index (κ3) is 6.19. The lowest BCUT2D eigenvalue weighted by molar-refractivity contribution is 0.0951. The molecule has 0 radical (unpaired) electrons. The topological polar surface area (TPSA) is 69.7 Å². The zero-order valence-corrected chi connectivity index (χ0v) is 21.4.